The van der Waals surface area contributed by atoms with Crippen molar-refractivity contribution in [3.05, 3.63) is 48.2 Å². The van der Waals surface area contributed by atoms with Gasteiger partial charge in [-0.2, -0.15) is 8.42 Å². The van der Waals surface area contributed by atoms with E-state index in [1.165, 1.54) is 0 Å². The van der Waals surface area contributed by atoms with Crippen molar-refractivity contribution in [2.75, 3.05) is 19.5 Å². The summed E-state index contributed by atoms with van der Waals surface area (Å²) in [5.41, 5.74) is 1.07. The zero-order chi connectivity index (χ0) is 24.0. The minimum Gasteiger partial charge on any atom is -0.493 e. The minimum atomic E-state index is -3.44. The van der Waals surface area contributed by atoms with Crippen LogP contribution in [0.2, 0.25) is 0 Å². The fourth-order valence-electron chi connectivity index (χ4n) is 2.88. The van der Waals surface area contributed by atoms with Crippen molar-refractivity contribution in [3.8, 4) is 17.0 Å². The number of carbonyl (C=O) groups excluding carboxylic acids is 1. The molecule has 2 rings (SSSR count). The van der Waals surface area contributed by atoms with Gasteiger partial charge in [-0.1, -0.05) is 26.0 Å². The van der Waals surface area contributed by atoms with Gasteiger partial charge in [-0.15, -0.1) is 0 Å². The second-order valence-corrected chi connectivity index (χ2v) is 11.1. The summed E-state index contributed by atoms with van der Waals surface area (Å²) in [6.45, 7) is 10.1. The normalized spacial score (nSPS) is 12.4. The van der Waals surface area contributed by atoms with Gasteiger partial charge in [0, 0.05) is 11.8 Å². The SMILES string of the molecule is CC(C)(CCOc1ccccc1-c1cc(C(=O)OC(C)(C)C)ccn1)CCOS(C)(=O)=O. The van der Waals surface area contributed by atoms with Crippen LogP contribution in [-0.4, -0.2) is 44.4 Å². The monoisotopic (exact) mass is 463 g/mol. The van der Waals surface area contributed by atoms with E-state index in [1.807, 2.05) is 58.9 Å². The van der Waals surface area contributed by atoms with Crippen molar-refractivity contribution in [2.45, 2.75) is 53.1 Å². The Labute approximate surface area is 191 Å². The highest BCUT2D eigenvalue weighted by Crippen LogP contribution is 2.31. The van der Waals surface area contributed by atoms with Gasteiger partial charge in [-0.3, -0.25) is 9.17 Å². The number of aromatic nitrogens is 1. The van der Waals surface area contributed by atoms with Gasteiger partial charge in [0.25, 0.3) is 10.1 Å². The van der Waals surface area contributed by atoms with E-state index in [-0.39, 0.29) is 12.0 Å². The first-order valence-electron chi connectivity index (χ1n) is 10.5. The van der Waals surface area contributed by atoms with Crippen LogP contribution >= 0.6 is 0 Å². The van der Waals surface area contributed by atoms with E-state index < -0.39 is 21.7 Å². The van der Waals surface area contributed by atoms with Gasteiger partial charge in [0.2, 0.25) is 0 Å². The van der Waals surface area contributed by atoms with Crippen molar-refractivity contribution < 1.29 is 26.9 Å². The number of esters is 1. The van der Waals surface area contributed by atoms with E-state index in [1.54, 1.807) is 18.3 Å². The molecule has 0 aliphatic heterocycles. The van der Waals surface area contributed by atoms with Crippen molar-refractivity contribution in [2.24, 2.45) is 5.41 Å². The van der Waals surface area contributed by atoms with Crippen LogP contribution in [0.4, 0.5) is 0 Å². The number of ether oxygens (including phenoxy) is 2. The average molecular weight is 464 g/mol. The second-order valence-electron chi connectivity index (χ2n) is 9.47. The number of benzene rings is 1. The molecule has 0 amide bonds. The molecule has 0 aliphatic carbocycles. The van der Waals surface area contributed by atoms with E-state index in [0.717, 1.165) is 11.8 Å². The summed E-state index contributed by atoms with van der Waals surface area (Å²) in [6, 6.07) is 10.8. The molecule has 8 heteroatoms. The summed E-state index contributed by atoms with van der Waals surface area (Å²) >= 11 is 0. The van der Waals surface area contributed by atoms with Crippen LogP contribution in [0.25, 0.3) is 11.3 Å². The summed E-state index contributed by atoms with van der Waals surface area (Å²) in [5, 5.41) is 0. The third-order valence-corrected chi connectivity index (χ3v) is 5.27. The Morgan fingerprint density at radius 3 is 2.31 bits per heavy atom. The van der Waals surface area contributed by atoms with Gasteiger partial charge in [0.15, 0.2) is 0 Å². The number of hydrogen-bond acceptors (Lipinski definition) is 7. The maximum absolute atomic E-state index is 12.4. The molecule has 0 unspecified atom stereocenters. The van der Waals surface area contributed by atoms with Gasteiger partial charge in [-0.05, 0) is 63.3 Å². The molecule has 7 nitrogen and oxygen atoms in total. The summed E-state index contributed by atoms with van der Waals surface area (Å²) in [5.74, 6) is 0.252. The molecule has 1 aromatic carbocycles. The molecule has 0 aliphatic rings. The third-order valence-electron chi connectivity index (χ3n) is 4.67. The quantitative estimate of drug-likeness (QED) is 0.367. The third kappa shape index (κ3) is 8.96. The summed E-state index contributed by atoms with van der Waals surface area (Å²) in [7, 11) is -3.44. The van der Waals surface area contributed by atoms with Crippen molar-refractivity contribution >= 4 is 16.1 Å². The lowest BCUT2D eigenvalue weighted by Gasteiger charge is -2.24. The van der Waals surface area contributed by atoms with Gasteiger partial charge < -0.3 is 9.47 Å². The van der Waals surface area contributed by atoms with Crippen LogP contribution in [0, 0.1) is 5.41 Å². The Kier molecular flexibility index (Phi) is 8.42. The van der Waals surface area contributed by atoms with Crippen LogP contribution < -0.4 is 4.74 Å². The Hall–Kier alpha value is -2.45. The number of nitrogens with zero attached hydrogens (tertiary/aromatic N) is 1. The standard InChI is InChI=1S/C24H33NO6S/c1-23(2,3)31-22(26)18-11-14-25-20(17-18)19-9-7-8-10-21(19)29-15-12-24(4,5)13-16-30-32(6,27)28/h7-11,14,17H,12-13,15-16H2,1-6H3. The van der Waals surface area contributed by atoms with Crippen molar-refractivity contribution in [3.63, 3.8) is 0 Å². The largest absolute Gasteiger partial charge is 0.493 e. The highest BCUT2D eigenvalue weighted by Gasteiger charge is 2.21. The minimum absolute atomic E-state index is 0.143. The number of pyridine rings is 1. The van der Waals surface area contributed by atoms with E-state index in [0.29, 0.717) is 36.5 Å². The first-order valence-corrected chi connectivity index (χ1v) is 12.3. The van der Waals surface area contributed by atoms with Crippen LogP contribution in [-0.2, 0) is 19.0 Å². The second kappa shape index (κ2) is 10.4. The van der Waals surface area contributed by atoms with Crippen LogP contribution in [0.15, 0.2) is 42.6 Å². The lowest BCUT2D eigenvalue weighted by molar-refractivity contribution is 0.00693. The molecule has 0 atom stereocenters. The molecule has 0 fully saturated rings. The molecule has 1 aromatic heterocycles. The van der Waals surface area contributed by atoms with Crippen molar-refractivity contribution in [1.82, 2.24) is 4.98 Å². The topological polar surface area (TPSA) is 91.8 Å². The molecule has 0 spiro atoms. The van der Waals surface area contributed by atoms with E-state index in [4.69, 9.17) is 13.7 Å². The molecule has 32 heavy (non-hydrogen) atoms. The van der Waals surface area contributed by atoms with Gasteiger partial charge in [0.1, 0.15) is 11.4 Å². The number of rotatable bonds is 10. The molecular weight excluding hydrogens is 430 g/mol. The predicted octanol–water partition coefficient (Wildman–Crippen LogP) is 4.87. The van der Waals surface area contributed by atoms with E-state index >= 15 is 0 Å². The van der Waals surface area contributed by atoms with Gasteiger partial charge in [-0.25, -0.2) is 4.79 Å². The average Bonchev–Trinajstić information content (AvgIpc) is 2.66. The molecule has 176 valence electrons. The summed E-state index contributed by atoms with van der Waals surface area (Å²) in [6.07, 6.45) is 3.92. The molecule has 0 bridgehead atoms. The van der Waals surface area contributed by atoms with Crippen LogP contribution in [0.1, 0.15) is 57.8 Å². The number of carbonyl (C=O) groups is 1. The molecule has 1 heterocycles. The lowest BCUT2D eigenvalue weighted by atomic mass is 9.86. The smallest absolute Gasteiger partial charge is 0.338 e. The Balaban J connectivity index is 2.07. The molecular formula is C24H33NO6S. The Bertz CT molecular complexity index is 1020. The zero-order valence-electron chi connectivity index (χ0n) is 19.7. The molecule has 0 N–H and O–H groups in total. The van der Waals surface area contributed by atoms with Crippen LogP contribution in [0.3, 0.4) is 0 Å². The maximum Gasteiger partial charge on any atom is 0.338 e. The predicted molar refractivity (Wildman–Crippen MR) is 124 cm³/mol. The summed E-state index contributed by atoms with van der Waals surface area (Å²) < 4.78 is 38.6. The zero-order valence-corrected chi connectivity index (χ0v) is 20.5. The van der Waals surface area contributed by atoms with Crippen LogP contribution in [0.5, 0.6) is 5.75 Å². The lowest BCUT2D eigenvalue weighted by Crippen LogP contribution is -2.23. The Morgan fingerprint density at radius 2 is 1.66 bits per heavy atom. The first-order chi connectivity index (χ1) is 14.8. The van der Waals surface area contributed by atoms with E-state index in [2.05, 4.69) is 4.98 Å². The molecule has 0 radical (unpaired) electrons. The molecule has 2 aromatic rings. The molecule has 0 saturated carbocycles. The van der Waals surface area contributed by atoms with Crippen molar-refractivity contribution in [1.29, 1.82) is 0 Å². The number of hydrogen-bond donors (Lipinski definition) is 0. The highest BCUT2D eigenvalue weighted by atomic mass is 32.2. The maximum atomic E-state index is 12.4. The highest BCUT2D eigenvalue weighted by molar-refractivity contribution is 7.85. The van der Waals surface area contributed by atoms with E-state index in [9.17, 15) is 13.2 Å². The number of para-hydroxylation sites is 1. The fraction of sp³-hybridized carbons (Fsp3) is 0.500. The van der Waals surface area contributed by atoms with Gasteiger partial charge in [0.05, 0.1) is 30.7 Å². The summed E-state index contributed by atoms with van der Waals surface area (Å²) in [4.78, 5) is 16.8. The molecule has 0 saturated heterocycles. The van der Waals surface area contributed by atoms with Gasteiger partial charge >= 0.3 is 5.97 Å². The first kappa shape index (κ1) is 25.8. The fourth-order valence-corrected chi connectivity index (χ4v) is 3.26. The Morgan fingerprint density at radius 1 is 1.00 bits per heavy atom.